The van der Waals surface area contributed by atoms with Crippen molar-refractivity contribution in [2.75, 3.05) is 25.6 Å². The summed E-state index contributed by atoms with van der Waals surface area (Å²) in [6.45, 7) is 4.25. The van der Waals surface area contributed by atoms with Crippen molar-refractivity contribution in [3.63, 3.8) is 0 Å². The van der Waals surface area contributed by atoms with Crippen molar-refractivity contribution >= 4 is 23.6 Å². The van der Waals surface area contributed by atoms with E-state index in [2.05, 4.69) is 5.32 Å². The lowest BCUT2D eigenvalue weighted by atomic mass is 10.1. The second-order valence-electron chi connectivity index (χ2n) is 5.46. The summed E-state index contributed by atoms with van der Waals surface area (Å²) in [4.78, 5) is 24.1. The lowest BCUT2D eigenvalue weighted by molar-refractivity contribution is -0.111. The SMILES string of the molecule is CCOC(=O)c1ccc(NC(=O)/C=C/c2cccc(OC)c2)c(OCC)c1. The summed E-state index contributed by atoms with van der Waals surface area (Å²) in [5.41, 5.74) is 1.68. The minimum atomic E-state index is -0.436. The van der Waals surface area contributed by atoms with Crippen molar-refractivity contribution in [1.29, 1.82) is 0 Å². The molecule has 6 heteroatoms. The van der Waals surface area contributed by atoms with Gasteiger partial charge in [0.05, 0.1) is 31.6 Å². The monoisotopic (exact) mass is 369 g/mol. The largest absolute Gasteiger partial charge is 0.497 e. The molecule has 0 bridgehead atoms. The van der Waals surface area contributed by atoms with Crippen LogP contribution in [0.25, 0.3) is 6.08 Å². The second kappa shape index (κ2) is 10.0. The van der Waals surface area contributed by atoms with Crippen LogP contribution in [-0.2, 0) is 9.53 Å². The zero-order valence-electron chi connectivity index (χ0n) is 15.7. The summed E-state index contributed by atoms with van der Waals surface area (Å²) in [7, 11) is 1.59. The van der Waals surface area contributed by atoms with Crippen molar-refractivity contribution < 1.29 is 23.8 Å². The zero-order valence-corrected chi connectivity index (χ0v) is 15.7. The Bertz CT molecular complexity index is 829. The fraction of sp³-hybridized carbons (Fsp3) is 0.238. The molecular formula is C21H23NO5. The molecule has 1 N–H and O–H groups in total. The number of benzene rings is 2. The molecule has 6 nitrogen and oxygen atoms in total. The number of hydrogen-bond donors (Lipinski definition) is 1. The van der Waals surface area contributed by atoms with E-state index in [1.54, 1.807) is 38.3 Å². The zero-order chi connectivity index (χ0) is 19.6. The summed E-state index contributed by atoms with van der Waals surface area (Å²) in [5.74, 6) is 0.369. The Morgan fingerprint density at radius 1 is 1.07 bits per heavy atom. The molecule has 0 unspecified atom stereocenters. The van der Waals surface area contributed by atoms with Crippen LogP contribution in [0.3, 0.4) is 0 Å². The standard InChI is InChI=1S/C21H23NO5/c1-4-26-19-14-16(21(24)27-5-2)10-11-18(19)22-20(23)12-9-15-7-6-8-17(13-15)25-3/h6-14H,4-5H2,1-3H3,(H,22,23)/b12-9+. The Kier molecular flexibility index (Phi) is 7.43. The minimum Gasteiger partial charge on any atom is -0.497 e. The molecule has 1 amide bonds. The molecule has 2 aromatic carbocycles. The third-order valence-corrected chi connectivity index (χ3v) is 3.57. The molecular weight excluding hydrogens is 346 g/mol. The molecule has 0 heterocycles. The Labute approximate surface area is 158 Å². The molecule has 0 atom stereocenters. The molecule has 0 aliphatic rings. The van der Waals surface area contributed by atoms with E-state index in [-0.39, 0.29) is 12.5 Å². The van der Waals surface area contributed by atoms with E-state index in [9.17, 15) is 9.59 Å². The summed E-state index contributed by atoms with van der Waals surface area (Å²) in [6.07, 6.45) is 3.11. The molecule has 0 aliphatic carbocycles. The maximum absolute atomic E-state index is 12.2. The number of hydrogen-bond acceptors (Lipinski definition) is 5. The molecule has 0 fully saturated rings. The number of carbonyl (C=O) groups is 2. The van der Waals surface area contributed by atoms with Gasteiger partial charge in [-0.2, -0.15) is 0 Å². The molecule has 0 saturated carbocycles. The molecule has 0 radical (unpaired) electrons. The summed E-state index contributed by atoms with van der Waals surface area (Å²) < 4.78 is 15.7. The smallest absolute Gasteiger partial charge is 0.338 e. The molecule has 0 saturated heterocycles. The van der Waals surface area contributed by atoms with Gasteiger partial charge in [-0.1, -0.05) is 12.1 Å². The van der Waals surface area contributed by atoms with Crippen molar-refractivity contribution in [1.82, 2.24) is 0 Å². The lowest BCUT2D eigenvalue weighted by Gasteiger charge is -2.12. The van der Waals surface area contributed by atoms with Gasteiger partial charge in [0, 0.05) is 6.08 Å². The van der Waals surface area contributed by atoms with Gasteiger partial charge in [-0.05, 0) is 55.8 Å². The molecule has 0 spiro atoms. The van der Waals surface area contributed by atoms with E-state index in [1.165, 1.54) is 6.08 Å². The molecule has 0 aliphatic heterocycles. The third-order valence-electron chi connectivity index (χ3n) is 3.57. The van der Waals surface area contributed by atoms with Gasteiger partial charge in [-0.25, -0.2) is 4.79 Å². The Hall–Kier alpha value is -3.28. The van der Waals surface area contributed by atoms with Crippen LogP contribution >= 0.6 is 0 Å². The van der Waals surface area contributed by atoms with Crippen LogP contribution in [0.2, 0.25) is 0 Å². The first kappa shape index (κ1) is 20.0. The molecule has 0 aromatic heterocycles. The predicted octanol–water partition coefficient (Wildman–Crippen LogP) is 3.92. The van der Waals surface area contributed by atoms with Gasteiger partial charge in [0.15, 0.2) is 0 Å². The van der Waals surface area contributed by atoms with Gasteiger partial charge in [0.2, 0.25) is 5.91 Å². The van der Waals surface area contributed by atoms with Gasteiger partial charge < -0.3 is 19.5 Å². The van der Waals surface area contributed by atoms with E-state index < -0.39 is 5.97 Å². The summed E-state index contributed by atoms with van der Waals surface area (Å²) in [6, 6.07) is 12.1. The topological polar surface area (TPSA) is 73.9 Å². The molecule has 2 aromatic rings. The molecule has 142 valence electrons. The van der Waals surface area contributed by atoms with Crippen LogP contribution in [-0.4, -0.2) is 32.2 Å². The van der Waals surface area contributed by atoms with Gasteiger partial charge in [-0.3, -0.25) is 4.79 Å². The highest BCUT2D eigenvalue weighted by Gasteiger charge is 2.12. The maximum Gasteiger partial charge on any atom is 0.338 e. The first-order valence-electron chi connectivity index (χ1n) is 8.64. The van der Waals surface area contributed by atoms with Crippen LogP contribution < -0.4 is 14.8 Å². The Morgan fingerprint density at radius 3 is 2.59 bits per heavy atom. The predicted molar refractivity (Wildman–Crippen MR) is 104 cm³/mol. The third kappa shape index (κ3) is 5.88. The highest BCUT2D eigenvalue weighted by atomic mass is 16.5. The minimum absolute atomic E-state index is 0.288. The van der Waals surface area contributed by atoms with E-state index >= 15 is 0 Å². The number of nitrogens with one attached hydrogen (secondary N) is 1. The Balaban J connectivity index is 2.13. The number of esters is 1. The molecule has 2 rings (SSSR count). The average Bonchev–Trinajstić information content (AvgIpc) is 2.68. The first-order chi connectivity index (χ1) is 13.1. The van der Waals surface area contributed by atoms with Crippen molar-refractivity contribution in [2.24, 2.45) is 0 Å². The number of rotatable bonds is 8. The van der Waals surface area contributed by atoms with Crippen molar-refractivity contribution in [3.8, 4) is 11.5 Å². The number of amides is 1. The number of carbonyl (C=O) groups excluding carboxylic acids is 2. The molecule has 27 heavy (non-hydrogen) atoms. The fourth-order valence-corrected chi connectivity index (χ4v) is 2.33. The fourth-order valence-electron chi connectivity index (χ4n) is 2.33. The van der Waals surface area contributed by atoms with E-state index in [1.807, 2.05) is 31.2 Å². The van der Waals surface area contributed by atoms with Gasteiger partial charge in [-0.15, -0.1) is 0 Å². The van der Waals surface area contributed by atoms with Gasteiger partial charge in [0.25, 0.3) is 0 Å². The summed E-state index contributed by atoms with van der Waals surface area (Å²) >= 11 is 0. The van der Waals surface area contributed by atoms with E-state index in [0.29, 0.717) is 29.4 Å². The van der Waals surface area contributed by atoms with Gasteiger partial charge in [0.1, 0.15) is 11.5 Å². The Morgan fingerprint density at radius 2 is 1.89 bits per heavy atom. The number of methoxy groups -OCH3 is 1. The van der Waals surface area contributed by atoms with Crippen molar-refractivity contribution in [2.45, 2.75) is 13.8 Å². The second-order valence-corrected chi connectivity index (χ2v) is 5.46. The van der Waals surface area contributed by atoms with Crippen LogP contribution in [0, 0.1) is 0 Å². The van der Waals surface area contributed by atoms with E-state index in [0.717, 1.165) is 5.56 Å². The van der Waals surface area contributed by atoms with Crippen LogP contribution in [0.15, 0.2) is 48.5 Å². The quantitative estimate of drug-likeness (QED) is 0.564. The van der Waals surface area contributed by atoms with E-state index in [4.69, 9.17) is 14.2 Å². The van der Waals surface area contributed by atoms with Gasteiger partial charge >= 0.3 is 5.97 Å². The average molecular weight is 369 g/mol. The van der Waals surface area contributed by atoms with Crippen molar-refractivity contribution in [3.05, 3.63) is 59.7 Å². The van der Waals surface area contributed by atoms with Crippen LogP contribution in [0.1, 0.15) is 29.8 Å². The normalized spacial score (nSPS) is 10.5. The summed E-state index contributed by atoms with van der Waals surface area (Å²) in [5, 5.41) is 2.76. The van der Waals surface area contributed by atoms with Crippen LogP contribution in [0.4, 0.5) is 5.69 Å². The number of ether oxygens (including phenoxy) is 3. The first-order valence-corrected chi connectivity index (χ1v) is 8.64. The maximum atomic E-state index is 12.2. The highest BCUT2D eigenvalue weighted by Crippen LogP contribution is 2.26. The van der Waals surface area contributed by atoms with Crippen LogP contribution in [0.5, 0.6) is 11.5 Å². The number of anilines is 1. The highest BCUT2D eigenvalue weighted by molar-refractivity contribution is 6.03. The lowest BCUT2D eigenvalue weighted by Crippen LogP contribution is -2.11.